The number of hydrogen-bond acceptors (Lipinski definition) is 1. The maximum atomic E-state index is 10.3. The Labute approximate surface area is 67.0 Å². The molecule has 1 N–H and O–H groups in total. The highest BCUT2D eigenvalue weighted by molar-refractivity contribution is 5.85. The van der Waals surface area contributed by atoms with Crippen LogP contribution in [0.3, 0.4) is 0 Å². The molecule has 0 heterocycles. The lowest BCUT2D eigenvalue weighted by atomic mass is 10.1. The zero-order chi connectivity index (χ0) is 6.85. The molecule has 1 aliphatic carbocycles. The number of hydrogen-bond donors (Lipinski definition) is 1. The van der Waals surface area contributed by atoms with Crippen LogP contribution >= 0.6 is 12.4 Å². The van der Waals surface area contributed by atoms with Crippen molar-refractivity contribution in [2.75, 3.05) is 0 Å². The first-order valence-electron chi connectivity index (χ1n) is 3.43. The summed E-state index contributed by atoms with van der Waals surface area (Å²) in [6.07, 6.45) is 2.86. The van der Waals surface area contributed by atoms with Crippen LogP contribution in [-0.4, -0.2) is 11.1 Å². The first kappa shape index (κ1) is 9.76. The van der Waals surface area contributed by atoms with Crippen LogP contribution in [0.2, 0.25) is 0 Å². The van der Waals surface area contributed by atoms with Gasteiger partial charge in [0.15, 0.2) is 0 Å². The van der Waals surface area contributed by atoms with Gasteiger partial charge in [-0.1, -0.05) is 6.92 Å². The van der Waals surface area contributed by atoms with E-state index in [0.717, 1.165) is 19.3 Å². The summed E-state index contributed by atoms with van der Waals surface area (Å²) in [7, 11) is 0. The summed E-state index contributed by atoms with van der Waals surface area (Å²) >= 11 is 0. The van der Waals surface area contributed by atoms with E-state index in [1.54, 1.807) is 0 Å². The second-order valence-electron chi connectivity index (χ2n) is 2.95. The van der Waals surface area contributed by atoms with E-state index in [-0.39, 0.29) is 18.3 Å². The molecule has 2 unspecified atom stereocenters. The summed E-state index contributed by atoms with van der Waals surface area (Å²) < 4.78 is 0. The molecule has 1 aliphatic rings. The van der Waals surface area contributed by atoms with Crippen LogP contribution in [-0.2, 0) is 4.79 Å². The van der Waals surface area contributed by atoms with Crippen LogP contribution < -0.4 is 0 Å². The fraction of sp³-hybridized carbons (Fsp3) is 0.857. The number of carbonyl (C=O) groups is 1. The summed E-state index contributed by atoms with van der Waals surface area (Å²) in [5.41, 5.74) is 0. The van der Waals surface area contributed by atoms with Gasteiger partial charge in [-0.2, -0.15) is 0 Å². The van der Waals surface area contributed by atoms with Gasteiger partial charge in [-0.3, -0.25) is 4.79 Å². The van der Waals surface area contributed by atoms with Crippen molar-refractivity contribution in [3.63, 3.8) is 0 Å². The summed E-state index contributed by atoms with van der Waals surface area (Å²) in [6.45, 7) is 2.11. The highest BCUT2D eigenvalue weighted by atomic mass is 35.5. The fourth-order valence-corrected chi connectivity index (χ4v) is 1.43. The molecule has 0 aliphatic heterocycles. The topological polar surface area (TPSA) is 37.3 Å². The van der Waals surface area contributed by atoms with Gasteiger partial charge in [0, 0.05) is 0 Å². The molecular formula is C7H13ClO2. The van der Waals surface area contributed by atoms with Gasteiger partial charge in [-0.05, 0) is 25.2 Å². The molecule has 2 atom stereocenters. The number of rotatable bonds is 1. The number of halogens is 1. The lowest BCUT2D eigenvalue weighted by molar-refractivity contribution is -0.141. The van der Waals surface area contributed by atoms with Crippen molar-refractivity contribution in [2.24, 2.45) is 11.8 Å². The molecule has 0 radical (unpaired) electrons. The minimum atomic E-state index is -0.612. The monoisotopic (exact) mass is 164 g/mol. The van der Waals surface area contributed by atoms with Gasteiger partial charge in [-0.15, -0.1) is 12.4 Å². The normalized spacial score (nSPS) is 31.3. The molecule has 0 saturated heterocycles. The van der Waals surface area contributed by atoms with Crippen LogP contribution in [0.1, 0.15) is 26.2 Å². The molecular weight excluding hydrogens is 152 g/mol. The smallest absolute Gasteiger partial charge is 0.306 e. The molecule has 2 nitrogen and oxygen atoms in total. The predicted octanol–water partition coefficient (Wildman–Crippen LogP) is 1.93. The number of carboxylic acid groups (broad SMARTS) is 1. The molecule has 0 spiro atoms. The van der Waals surface area contributed by atoms with Gasteiger partial charge in [0.05, 0.1) is 5.92 Å². The largest absolute Gasteiger partial charge is 0.481 e. The van der Waals surface area contributed by atoms with Crippen molar-refractivity contribution in [1.82, 2.24) is 0 Å². The molecule has 0 aromatic heterocycles. The molecule has 0 aromatic rings. The first-order chi connectivity index (χ1) is 4.20. The quantitative estimate of drug-likeness (QED) is 0.643. The van der Waals surface area contributed by atoms with Gasteiger partial charge >= 0.3 is 5.97 Å². The van der Waals surface area contributed by atoms with E-state index in [4.69, 9.17) is 5.11 Å². The predicted molar refractivity (Wildman–Crippen MR) is 41.4 cm³/mol. The van der Waals surface area contributed by atoms with Crippen molar-refractivity contribution in [3.8, 4) is 0 Å². The summed E-state index contributed by atoms with van der Waals surface area (Å²) in [6, 6.07) is 0. The van der Waals surface area contributed by atoms with Gasteiger partial charge in [-0.25, -0.2) is 0 Å². The number of carboxylic acids is 1. The van der Waals surface area contributed by atoms with E-state index in [0.29, 0.717) is 5.92 Å². The van der Waals surface area contributed by atoms with E-state index in [1.807, 2.05) is 0 Å². The summed E-state index contributed by atoms with van der Waals surface area (Å²) in [5, 5.41) is 8.53. The molecule has 1 fully saturated rings. The zero-order valence-electron chi connectivity index (χ0n) is 6.04. The summed E-state index contributed by atoms with van der Waals surface area (Å²) in [5.74, 6) is -0.0227. The minimum absolute atomic E-state index is 0. The molecule has 1 rings (SSSR count). The van der Waals surface area contributed by atoms with Crippen LogP contribution in [0, 0.1) is 11.8 Å². The molecule has 10 heavy (non-hydrogen) atoms. The standard InChI is InChI=1S/C7H12O2.ClH/c1-5-2-3-6(4-5)7(8)9;/h5-6H,2-4H2,1H3,(H,8,9);1H. The Balaban J connectivity index is 0.000000810. The van der Waals surface area contributed by atoms with Crippen LogP contribution in [0.15, 0.2) is 0 Å². The van der Waals surface area contributed by atoms with Crippen molar-refractivity contribution in [3.05, 3.63) is 0 Å². The highest BCUT2D eigenvalue weighted by Gasteiger charge is 2.26. The summed E-state index contributed by atoms with van der Waals surface area (Å²) in [4.78, 5) is 10.3. The fourth-order valence-electron chi connectivity index (χ4n) is 1.43. The molecule has 0 aromatic carbocycles. The third-order valence-electron chi connectivity index (χ3n) is 2.04. The van der Waals surface area contributed by atoms with Gasteiger partial charge in [0.2, 0.25) is 0 Å². The van der Waals surface area contributed by atoms with Crippen LogP contribution in [0.25, 0.3) is 0 Å². The molecule has 0 bridgehead atoms. The van der Waals surface area contributed by atoms with Crippen LogP contribution in [0.5, 0.6) is 0 Å². The van der Waals surface area contributed by atoms with Gasteiger partial charge < -0.3 is 5.11 Å². The maximum absolute atomic E-state index is 10.3. The highest BCUT2D eigenvalue weighted by Crippen LogP contribution is 2.29. The Morgan fingerprint density at radius 3 is 2.30 bits per heavy atom. The Morgan fingerprint density at radius 2 is 2.10 bits per heavy atom. The Hall–Kier alpha value is -0.240. The SMILES string of the molecule is CC1CCC(C(=O)O)C1.Cl. The molecule has 60 valence electrons. The Bertz CT molecular complexity index is 125. The average Bonchev–Trinajstić information content (AvgIpc) is 2.14. The minimum Gasteiger partial charge on any atom is -0.481 e. The van der Waals surface area contributed by atoms with Crippen molar-refractivity contribution in [1.29, 1.82) is 0 Å². The van der Waals surface area contributed by atoms with Gasteiger partial charge in [0.1, 0.15) is 0 Å². The van der Waals surface area contributed by atoms with E-state index in [9.17, 15) is 4.79 Å². The average molecular weight is 165 g/mol. The van der Waals surface area contributed by atoms with Crippen molar-refractivity contribution >= 4 is 18.4 Å². The molecule has 1 saturated carbocycles. The second kappa shape index (κ2) is 3.81. The van der Waals surface area contributed by atoms with E-state index >= 15 is 0 Å². The molecule has 0 amide bonds. The lowest BCUT2D eigenvalue weighted by Gasteiger charge is -1.99. The second-order valence-corrected chi connectivity index (χ2v) is 2.95. The van der Waals surface area contributed by atoms with Crippen molar-refractivity contribution < 1.29 is 9.90 Å². The Kier molecular flexibility index (Phi) is 3.72. The van der Waals surface area contributed by atoms with Crippen molar-refractivity contribution in [2.45, 2.75) is 26.2 Å². The van der Waals surface area contributed by atoms with Gasteiger partial charge in [0.25, 0.3) is 0 Å². The van der Waals surface area contributed by atoms with E-state index in [2.05, 4.69) is 6.92 Å². The lowest BCUT2D eigenvalue weighted by Crippen LogP contribution is -2.08. The molecule has 3 heteroatoms. The third kappa shape index (κ3) is 2.18. The van der Waals surface area contributed by atoms with Crippen LogP contribution in [0.4, 0.5) is 0 Å². The number of aliphatic carboxylic acids is 1. The van der Waals surface area contributed by atoms with E-state index in [1.165, 1.54) is 0 Å². The van der Waals surface area contributed by atoms with E-state index < -0.39 is 5.97 Å². The Morgan fingerprint density at radius 1 is 1.50 bits per heavy atom. The first-order valence-corrected chi connectivity index (χ1v) is 3.43. The maximum Gasteiger partial charge on any atom is 0.306 e. The third-order valence-corrected chi connectivity index (χ3v) is 2.04. The zero-order valence-corrected chi connectivity index (χ0v) is 6.86.